The second kappa shape index (κ2) is 7.88. The van der Waals surface area contributed by atoms with Gasteiger partial charge in [0, 0.05) is 11.4 Å². The van der Waals surface area contributed by atoms with E-state index in [-0.39, 0.29) is 16.6 Å². The molecule has 0 saturated heterocycles. The Kier molecular flexibility index (Phi) is 5.56. The monoisotopic (exact) mass is 386 g/mol. The summed E-state index contributed by atoms with van der Waals surface area (Å²) in [6.07, 6.45) is 1.89. The van der Waals surface area contributed by atoms with Crippen molar-refractivity contribution in [2.24, 2.45) is 0 Å². The van der Waals surface area contributed by atoms with Gasteiger partial charge in [0.1, 0.15) is 18.0 Å². The first-order chi connectivity index (χ1) is 12.9. The van der Waals surface area contributed by atoms with E-state index in [0.717, 1.165) is 5.39 Å². The number of benzene rings is 2. The summed E-state index contributed by atoms with van der Waals surface area (Å²) in [7, 11) is 0. The maximum atomic E-state index is 14.6. The highest BCUT2D eigenvalue weighted by Crippen LogP contribution is 2.28. The minimum absolute atomic E-state index is 0.0687. The standard InChI is InChI=1S/C20H20ClFN4O/c1-4-12-8-9-14(21)16(17(12)22)20(27)26-15-7-5-6-13-18(15)23-10-24-19(13)25-11(2)3/h5-11H,4H2,1-3H3,(H,26,27)(H,23,24,25). The van der Waals surface area contributed by atoms with E-state index in [0.29, 0.717) is 29.0 Å². The fourth-order valence-corrected chi connectivity index (χ4v) is 3.07. The SMILES string of the molecule is CCc1ccc(Cl)c(C(=O)Nc2cccc3c(NC(C)C)ncnc23)c1F. The van der Waals surface area contributed by atoms with E-state index in [4.69, 9.17) is 11.6 Å². The van der Waals surface area contributed by atoms with Crippen LogP contribution in [-0.4, -0.2) is 21.9 Å². The molecule has 140 valence electrons. The van der Waals surface area contributed by atoms with Gasteiger partial charge in [0.05, 0.1) is 21.8 Å². The number of hydrogen-bond acceptors (Lipinski definition) is 4. The molecule has 1 amide bonds. The Morgan fingerprint density at radius 2 is 2.00 bits per heavy atom. The van der Waals surface area contributed by atoms with Gasteiger partial charge >= 0.3 is 0 Å². The second-order valence-electron chi connectivity index (χ2n) is 6.43. The molecule has 1 heterocycles. The summed E-state index contributed by atoms with van der Waals surface area (Å²) >= 11 is 6.08. The van der Waals surface area contributed by atoms with Gasteiger partial charge in [-0.05, 0) is 44.0 Å². The van der Waals surface area contributed by atoms with Crippen LogP contribution in [0.1, 0.15) is 36.7 Å². The van der Waals surface area contributed by atoms with Crippen molar-refractivity contribution in [1.29, 1.82) is 0 Å². The van der Waals surface area contributed by atoms with Crippen LogP contribution in [0, 0.1) is 5.82 Å². The molecule has 2 N–H and O–H groups in total. The maximum absolute atomic E-state index is 14.6. The lowest BCUT2D eigenvalue weighted by molar-refractivity contribution is 0.102. The van der Waals surface area contributed by atoms with Crippen molar-refractivity contribution >= 4 is 39.9 Å². The zero-order valence-corrected chi connectivity index (χ0v) is 16.1. The first-order valence-corrected chi connectivity index (χ1v) is 9.08. The lowest BCUT2D eigenvalue weighted by Crippen LogP contribution is -2.16. The number of nitrogens with zero attached hydrogens (tertiary/aromatic N) is 2. The van der Waals surface area contributed by atoms with Gasteiger partial charge in [-0.2, -0.15) is 0 Å². The number of halogens is 2. The van der Waals surface area contributed by atoms with Crippen LogP contribution >= 0.6 is 11.6 Å². The quantitative estimate of drug-likeness (QED) is 0.643. The number of aryl methyl sites for hydroxylation is 1. The molecule has 3 aromatic rings. The third-order valence-electron chi connectivity index (χ3n) is 4.12. The highest BCUT2D eigenvalue weighted by molar-refractivity contribution is 6.34. The van der Waals surface area contributed by atoms with Gasteiger partial charge in [0.25, 0.3) is 5.91 Å². The smallest absolute Gasteiger partial charge is 0.260 e. The van der Waals surface area contributed by atoms with E-state index in [1.54, 1.807) is 18.2 Å². The molecule has 27 heavy (non-hydrogen) atoms. The van der Waals surface area contributed by atoms with E-state index in [1.807, 2.05) is 26.8 Å². The number of amides is 1. The minimum Gasteiger partial charge on any atom is -0.367 e. The van der Waals surface area contributed by atoms with Crippen molar-refractivity contribution in [1.82, 2.24) is 9.97 Å². The van der Waals surface area contributed by atoms with Crippen LogP contribution in [0.5, 0.6) is 0 Å². The van der Waals surface area contributed by atoms with Gasteiger partial charge in [0.15, 0.2) is 0 Å². The fourth-order valence-electron chi connectivity index (χ4n) is 2.84. The summed E-state index contributed by atoms with van der Waals surface area (Å²) < 4.78 is 14.6. The summed E-state index contributed by atoms with van der Waals surface area (Å²) in [5.74, 6) is -0.542. The van der Waals surface area contributed by atoms with Gasteiger partial charge in [-0.25, -0.2) is 14.4 Å². The second-order valence-corrected chi connectivity index (χ2v) is 6.83. The van der Waals surface area contributed by atoms with Gasteiger partial charge < -0.3 is 10.6 Å². The average molecular weight is 387 g/mol. The molecular weight excluding hydrogens is 367 g/mol. The average Bonchev–Trinajstić information content (AvgIpc) is 2.62. The fraction of sp³-hybridized carbons (Fsp3) is 0.250. The van der Waals surface area contributed by atoms with Crippen LogP contribution in [0.3, 0.4) is 0 Å². The van der Waals surface area contributed by atoms with Crippen LogP contribution in [0.25, 0.3) is 10.9 Å². The van der Waals surface area contributed by atoms with Gasteiger partial charge in [-0.1, -0.05) is 30.7 Å². The van der Waals surface area contributed by atoms with Crippen LogP contribution in [0.15, 0.2) is 36.7 Å². The summed E-state index contributed by atoms with van der Waals surface area (Å²) in [5, 5.41) is 6.81. The van der Waals surface area contributed by atoms with Crippen molar-refractivity contribution in [3.63, 3.8) is 0 Å². The Bertz CT molecular complexity index is 1010. The number of anilines is 2. The van der Waals surface area contributed by atoms with Gasteiger partial charge in [0.2, 0.25) is 0 Å². The first kappa shape index (κ1) is 19.0. The molecule has 0 radical (unpaired) electrons. The van der Waals surface area contributed by atoms with E-state index in [9.17, 15) is 9.18 Å². The molecule has 1 aromatic heterocycles. The molecule has 7 heteroatoms. The Labute approximate surface area is 162 Å². The van der Waals surface area contributed by atoms with Gasteiger partial charge in [-0.3, -0.25) is 4.79 Å². The maximum Gasteiger partial charge on any atom is 0.260 e. The Morgan fingerprint density at radius 3 is 2.70 bits per heavy atom. The van der Waals surface area contributed by atoms with Crippen molar-refractivity contribution in [3.8, 4) is 0 Å². The predicted octanol–water partition coefficient (Wildman–Crippen LogP) is 5.06. The number of para-hydroxylation sites is 1. The highest BCUT2D eigenvalue weighted by Gasteiger charge is 2.20. The molecule has 0 aliphatic carbocycles. The lowest BCUT2D eigenvalue weighted by atomic mass is 10.1. The van der Waals surface area contributed by atoms with Crippen LogP contribution < -0.4 is 10.6 Å². The Hall–Kier alpha value is -2.73. The molecule has 5 nitrogen and oxygen atoms in total. The van der Waals surface area contributed by atoms with Crippen molar-refractivity contribution in [2.75, 3.05) is 10.6 Å². The van der Waals surface area contributed by atoms with Crippen molar-refractivity contribution in [2.45, 2.75) is 33.2 Å². The summed E-state index contributed by atoms with van der Waals surface area (Å²) in [6, 6.07) is 8.67. The number of fused-ring (bicyclic) bond motifs is 1. The normalized spacial score (nSPS) is 11.0. The molecule has 0 spiro atoms. The van der Waals surface area contributed by atoms with E-state index < -0.39 is 11.7 Å². The van der Waals surface area contributed by atoms with Gasteiger partial charge in [-0.15, -0.1) is 0 Å². The number of hydrogen-bond donors (Lipinski definition) is 2. The Balaban J connectivity index is 2.02. The van der Waals surface area contributed by atoms with E-state index in [2.05, 4.69) is 20.6 Å². The minimum atomic E-state index is -0.614. The number of rotatable bonds is 5. The number of carbonyl (C=O) groups is 1. The zero-order valence-electron chi connectivity index (χ0n) is 15.3. The highest BCUT2D eigenvalue weighted by atomic mass is 35.5. The van der Waals surface area contributed by atoms with Crippen molar-refractivity contribution < 1.29 is 9.18 Å². The third kappa shape index (κ3) is 3.85. The number of carbonyl (C=O) groups excluding carboxylic acids is 1. The summed E-state index contributed by atoms with van der Waals surface area (Å²) in [6.45, 7) is 5.83. The Morgan fingerprint density at radius 1 is 1.22 bits per heavy atom. The molecule has 0 aliphatic rings. The van der Waals surface area contributed by atoms with Crippen molar-refractivity contribution in [3.05, 3.63) is 58.6 Å². The zero-order chi connectivity index (χ0) is 19.6. The largest absolute Gasteiger partial charge is 0.367 e. The molecular formula is C20H20ClFN4O. The molecule has 0 unspecified atom stereocenters. The summed E-state index contributed by atoms with van der Waals surface area (Å²) in [4.78, 5) is 21.3. The molecule has 2 aromatic carbocycles. The molecule has 0 saturated carbocycles. The molecule has 0 bridgehead atoms. The van der Waals surface area contributed by atoms with E-state index in [1.165, 1.54) is 12.4 Å². The molecule has 0 aliphatic heterocycles. The molecule has 3 rings (SSSR count). The molecule has 0 atom stereocenters. The number of aromatic nitrogens is 2. The predicted molar refractivity (Wildman–Crippen MR) is 107 cm³/mol. The third-order valence-corrected chi connectivity index (χ3v) is 4.43. The van der Waals surface area contributed by atoms with Crippen LogP contribution in [0.2, 0.25) is 5.02 Å². The summed E-state index contributed by atoms with van der Waals surface area (Å²) in [5.41, 5.74) is 1.30. The van der Waals surface area contributed by atoms with E-state index >= 15 is 0 Å². The number of nitrogens with one attached hydrogen (secondary N) is 2. The topological polar surface area (TPSA) is 66.9 Å². The first-order valence-electron chi connectivity index (χ1n) is 8.70. The van der Waals surface area contributed by atoms with Crippen LogP contribution in [-0.2, 0) is 6.42 Å². The lowest BCUT2D eigenvalue weighted by Gasteiger charge is -2.14. The molecule has 0 fully saturated rings. The van der Waals surface area contributed by atoms with Crippen LogP contribution in [0.4, 0.5) is 15.9 Å².